The van der Waals surface area contributed by atoms with E-state index in [1.807, 2.05) is 41.8 Å². The van der Waals surface area contributed by atoms with Crippen LogP contribution >= 0.6 is 0 Å². The molecule has 0 aliphatic carbocycles. The van der Waals surface area contributed by atoms with Gasteiger partial charge in [0, 0.05) is 39.1 Å². The molecule has 1 aliphatic heterocycles. The van der Waals surface area contributed by atoms with Gasteiger partial charge in [-0.2, -0.15) is 0 Å². The van der Waals surface area contributed by atoms with Gasteiger partial charge in [-0.15, -0.1) is 0 Å². The first-order chi connectivity index (χ1) is 12.6. The maximum absolute atomic E-state index is 13.0. The summed E-state index contributed by atoms with van der Waals surface area (Å²) >= 11 is 0. The molecule has 1 saturated heterocycles. The predicted octanol–water partition coefficient (Wildman–Crippen LogP) is 2.45. The van der Waals surface area contributed by atoms with Crippen LogP contribution in [0.4, 0.5) is 0 Å². The molecule has 26 heavy (non-hydrogen) atoms. The third kappa shape index (κ3) is 4.85. The van der Waals surface area contributed by atoms with Crippen molar-refractivity contribution in [2.75, 3.05) is 32.7 Å². The number of aryl methyl sites for hydroxylation is 1. The second kappa shape index (κ2) is 9.72. The van der Waals surface area contributed by atoms with Crippen molar-refractivity contribution >= 4 is 11.8 Å². The number of nitrogens with two attached hydrogens (primary N) is 1. The summed E-state index contributed by atoms with van der Waals surface area (Å²) < 4.78 is 0. The number of carbonyl (C=O) groups is 2. The van der Waals surface area contributed by atoms with Crippen LogP contribution in [0.1, 0.15) is 45.1 Å². The normalized spacial score (nSPS) is 15.7. The third-order valence-electron chi connectivity index (χ3n) is 5.80. The first kappa shape index (κ1) is 20.4. The second-order valence-electron chi connectivity index (χ2n) is 7.20. The molecule has 0 aromatic heterocycles. The van der Waals surface area contributed by atoms with Crippen LogP contribution < -0.4 is 5.73 Å². The van der Waals surface area contributed by atoms with Gasteiger partial charge in [0.25, 0.3) is 0 Å². The van der Waals surface area contributed by atoms with E-state index < -0.39 is 5.41 Å². The molecule has 1 aromatic carbocycles. The SMILES string of the molecule is CCC(CC)(CN)C(=O)N1CCCN(C(=O)CCc2ccccc2)CC1. The average molecular weight is 360 g/mol. The van der Waals surface area contributed by atoms with Gasteiger partial charge in [0.1, 0.15) is 0 Å². The minimum atomic E-state index is -0.452. The molecule has 1 fully saturated rings. The Balaban J connectivity index is 1.90. The molecular formula is C21H33N3O2. The standard InChI is InChI=1S/C21H33N3O2/c1-3-21(4-2,17-22)20(26)24-14-8-13-23(15-16-24)19(25)12-11-18-9-6-5-7-10-18/h5-7,9-10H,3-4,8,11-17,22H2,1-2H3. The van der Waals surface area contributed by atoms with E-state index in [1.165, 1.54) is 5.56 Å². The van der Waals surface area contributed by atoms with Crippen molar-refractivity contribution in [1.29, 1.82) is 0 Å². The highest BCUT2D eigenvalue weighted by Crippen LogP contribution is 2.28. The highest BCUT2D eigenvalue weighted by molar-refractivity contribution is 5.83. The largest absolute Gasteiger partial charge is 0.341 e. The van der Waals surface area contributed by atoms with Crippen LogP contribution in [0.3, 0.4) is 0 Å². The van der Waals surface area contributed by atoms with Gasteiger partial charge in [0.2, 0.25) is 11.8 Å². The molecule has 1 aromatic rings. The molecule has 0 unspecified atom stereocenters. The van der Waals surface area contributed by atoms with Crippen molar-refractivity contribution < 1.29 is 9.59 Å². The zero-order valence-corrected chi connectivity index (χ0v) is 16.2. The highest BCUT2D eigenvalue weighted by atomic mass is 16.2. The van der Waals surface area contributed by atoms with E-state index in [-0.39, 0.29) is 11.8 Å². The number of amides is 2. The summed E-state index contributed by atoms with van der Waals surface area (Å²) in [7, 11) is 0. The minimum absolute atomic E-state index is 0.156. The van der Waals surface area contributed by atoms with E-state index in [2.05, 4.69) is 12.1 Å². The molecule has 5 heteroatoms. The van der Waals surface area contributed by atoms with Gasteiger partial charge in [-0.3, -0.25) is 9.59 Å². The summed E-state index contributed by atoms with van der Waals surface area (Å²) in [6, 6.07) is 10.1. The van der Waals surface area contributed by atoms with Crippen molar-refractivity contribution in [2.45, 2.75) is 46.0 Å². The van der Waals surface area contributed by atoms with Crippen molar-refractivity contribution in [3.05, 3.63) is 35.9 Å². The molecule has 0 bridgehead atoms. The van der Waals surface area contributed by atoms with E-state index in [0.717, 1.165) is 32.2 Å². The number of hydrogen-bond donors (Lipinski definition) is 1. The maximum Gasteiger partial charge on any atom is 0.230 e. The third-order valence-corrected chi connectivity index (χ3v) is 5.80. The van der Waals surface area contributed by atoms with Crippen LogP contribution in [0.25, 0.3) is 0 Å². The fourth-order valence-electron chi connectivity index (χ4n) is 3.69. The fraction of sp³-hybridized carbons (Fsp3) is 0.619. The summed E-state index contributed by atoms with van der Waals surface area (Å²) in [5.41, 5.74) is 6.67. The molecule has 0 spiro atoms. The maximum atomic E-state index is 13.0. The Morgan fingerprint density at radius 2 is 1.62 bits per heavy atom. The van der Waals surface area contributed by atoms with Gasteiger partial charge >= 0.3 is 0 Å². The van der Waals surface area contributed by atoms with E-state index in [9.17, 15) is 9.59 Å². The molecule has 5 nitrogen and oxygen atoms in total. The number of hydrogen-bond acceptors (Lipinski definition) is 3. The van der Waals surface area contributed by atoms with Gasteiger partial charge < -0.3 is 15.5 Å². The van der Waals surface area contributed by atoms with Crippen LogP contribution in [-0.4, -0.2) is 54.3 Å². The van der Waals surface area contributed by atoms with Crippen molar-refractivity contribution in [1.82, 2.24) is 9.80 Å². The molecule has 0 atom stereocenters. The van der Waals surface area contributed by atoms with Gasteiger partial charge in [-0.05, 0) is 31.2 Å². The second-order valence-corrected chi connectivity index (χ2v) is 7.20. The summed E-state index contributed by atoms with van der Waals surface area (Å²) in [5, 5.41) is 0. The van der Waals surface area contributed by atoms with Crippen molar-refractivity contribution in [3.63, 3.8) is 0 Å². The first-order valence-electron chi connectivity index (χ1n) is 9.87. The Hall–Kier alpha value is -1.88. The Morgan fingerprint density at radius 3 is 2.23 bits per heavy atom. The Bertz CT molecular complexity index is 576. The van der Waals surface area contributed by atoms with E-state index in [4.69, 9.17) is 5.73 Å². The number of carbonyl (C=O) groups excluding carboxylic acids is 2. The van der Waals surface area contributed by atoms with Crippen LogP contribution in [0.5, 0.6) is 0 Å². The summed E-state index contributed by atoms with van der Waals surface area (Å²) in [6.07, 6.45) is 3.64. The lowest BCUT2D eigenvalue weighted by molar-refractivity contribution is -0.142. The van der Waals surface area contributed by atoms with Crippen molar-refractivity contribution in [3.8, 4) is 0 Å². The molecule has 0 saturated carbocycles. The smallest absolute Gasteiger partial charge is 0.230 e. The molecule has 2 rings (SSSR count). The topological polar surface area (TPSA) is 66.6 Å². The summed E-state index contributed by atoms with van der Waals surface area (Å²) in [5.74, 6) is 0.336. The molecule has 0 radical (unpaired) electrons. The minimum Gasteiger partial charge on any atom is -0.341 e. The molecule has 2 N–H and O–H groups in total. The average Bonchev–Trinajstić information content (AvgIpc) is 2.95. The Kier molecular flexibility index (Phi) is 7.64. The number of nitrogens with zero attached hydrogens (tertiary/aromatic N) is 2. The summed E-state index contributed by atoms with van der Waals surface area (Å²) in [6.45, 7) is 7.12. The zero-order valence-electron chi connectivity index (χ0n) is 16.2. The van der Waals surface area contributed by atoms with E-state index in [1.54, 1.807) is 0 Å². The fourth-order valence-corrected chi connectivity index (χ4v) is 3.69. The van der Waals surface area contributed by atoms with Crippen LogP contribution in [0.15, 0.2) is 30.3 Å². The lowest BCUT2D eigenvalue weighted by Gasteiger charge is -2.34. The monoisotopic (exact) mass is 359 g/mol. The number of benzene rings is 1. The van der Waals surface area contributed by atoms with Gasteiger partial charge in [-0.25, -0.2) is 0 Å². The zero-order chi connectivity index (χ0) is 19.0. The summed E-state index contributed by atoms with van der Waals surface area (Å²) in [4.78, 5) is 29.4. The Labute approximate surface area is 157 Å². The molecule has 2 amide bonds. The molecular weight excluding hydrogens is 326 g/mol. The quantitative estimate of drug-likeness (QED) is 0.813. The van der Waals surface area contributed by atoms with Crippen LogP contribution in [0, 0.1) is 5.41 Å². The molecule has 1 aliphatic rings. The molecule has 1 heterocycles. The van der Waals surface area contributed by atoms with Crippen LogP contribution in [0.2, 0.25) is 0 Å². The first-order valence-corrected chi connectivity index (χ1v) is 9.87. The van der Waals surface area contributed by atoms with Crippen LogP contribution in [-0.2, 0) is 16.0 Å². The predicted molar refractivity (Wildman–Crippen MR) is 105 cm³/mol. The lowest BCUT2D eigenvalue weighted by atomic mass is 9.81. The van der Waals surface area contributed by atoms with E-state index in [0.29, 0.717) is 32.6 Å². The van der Waals surface area contributed by atoms with E-state index >= 15 is 0 Å². The number of rotatable bonds is 7. The van der Waals surface area contributed by atoms with Crippen molar-refractivity contribution in [2.24, 2.45) is 11.1 Å². The Morgan fingerprint density at radius 1 is 1.00 bits per heavy atom. The highest BCUT2D eigenvalue weighted by Gasteiger charge is 2.37. The van der Waals surface area contributed by atoms with Gasteiger partial charge in [0.15, 0.2) is 0 Å². The van der Waals surface area contributed by atoms with Gasteiger partial charge in [-0.1, -0.05) is 44.2 Å². The van der Waals surface area contributed by atoms with Gasteiger partial charge in [0.05, 0.1) is 5.41 Å². The lowest BCUT2D eigenvalue weighted by Crippen LogP contribution is -2.48. The molecule has 144 valence electrons.